The summed E-state index contributed by atoms with van der Waals surface area (Å²) in [6.45, 7) is 5.23. The Bertz CT molecular complexity index is 703. The molecular formula is C21H31Cl2N3OS. The summed E-state index contributed by atoms with van der Waals surface area (Å²) < 4.78 is 0. The molecular weight excluding hydrogens is 413 g/mol. The van der Waals surface area contributed by atoms with Crippen LogP contribution in [0.1, 0.15) is 42.7 Å². The van der Waals surface area contributed by atoms with Crippen LogP contribution >= 0.6 is 36.2 Å². The van der Waals surface area contributed by atoms with E-state index in [1.807, 2.05) is 24.3 Å². The molecule has 0 saturated carbocycles. The Balaban J connectivity index is 0.00000196. The number of halogens is 2. The number of carbonyl (C=O) groups excluding carboxylic acids is 1. The number of benzene rings is 1. The Hall–Kier alpha value is -1.27. The van der Waals surface area contributed by atoms with Gasteiger partial charge in [-0.1, -0.05) is 31.2 Å². The highest BCUT2D eigenvalue weighted by Gasteiger charge is 2.25. The fourth-order valence-electron chi connectivity index (χ4n) is 3.54. The van der Waals surface area contributed by atoms with E-state index >= 15 is 0 Å². The number of piperidine rings is 1. The Labute approximate surface area is 184 Å². The summed E-state index contributed by atoms with van der Waals surface area (Å²) in [5.41, 5.74) is 7.77. The van der Waals surface area contributed by atoms with E-state index in [2.05, 4.69) is 34.7 Å². The maximum absolute atomic E-state index is 12.4. The van der Waals surface area contributed by atoms with Crippen molar-refractivity contribution in [2.75, 3.05) is 25.4 Å². The minimum Gasteiger partial charge on any atom is -0.399 e. The lowest BCUT2D eigenvalue weighted by atomic mass is 9.97. The van der Waals surface area contributed by atoms with Gasteiger partial charge in [-0.05, 0) is 61.3 Å². The van der Waals surface area contributed by atoms with Gasteiger partial charge in [0.25, 0.3) is 0 Å². The molecule has 0 spiro atoms. The Morgan fingerprint density at radius 1 is 1.21 bits per heavy atom. The van der Waals surface area contributed by atoms with Crippen LogP contribution in [0.4, 0.5) is 5.69 Å². The smallest absolute Gasteiger partial charge is 0.220 e. The monoisotopic (exact) mass is 443 g/mol. The minimum absolute atomic E-state index is 0. The lowest BCUT2D eigenvalue weighted by Gasteiger charge is -2.36. The maximum atomic E-state index is 12.4. The molecule has 4 nitrogen and oxygen atoms in total. The van der Waals surface area contributed by atoms with Crippen molar-refractivity contribution in [3.05, 3.63) is 52.2 Å². The second-order valence-electron chi connectivity index (χ2n) is 7.25. The second-order valence-corrected chi connectivity index (χ2v) is 8.23. The lowest BCUT2D eigenvalue weighted by molar-refractivity contribution is -0.121. The van der Waals surface area contributed by atoms with Crippen molar-refractivity contribution >= 4 is 47.7 Å². The first-order chi connectivity index (χ1) is 12.6. The number of carbonyl (C=O) groups is 1. The summed E-state index contributed by atoms with van der Waals surface area (Å²) in [6, 6.07) is 12.3. The molecule has 0 radical (unpaired) electrons. The molecule has 1 aliphatic rings. The number of rotatable bonds is 7. The third-order valence-electron chi connectivity index (χ3n) is 5.30. The first-order valence-corrected chi connectivity index (χ1v) is 10.4. The predicted molar refractivity (Wildman–Crippen MR) is 124 cm³/mol. The molecule has 1 atom stereocenters. The van der Waals surface area contributed by atoms with E-state index in [9.17, 15) is 4.79 Å². The van der Waals surface area contributed by atoms with E-state index in [1.165, 1.54) is 17.7 Å². The summed E-state index contributed by atoms with van der Waals surface area (Å²) >= 11 is 1.78. The first-order valence-electron chi connectivity index (χ1n) is 9.51. The number of nitrogens with two attached hydrogens (primary N) is 1. The topological polar surface area (TPSA) is 58.4 Å². The number of hydrogen-bond acceptors (Lipinski definition) is 4. The van der Waals surface area contributed by atoms with Crippen molar-refractivity contribution in [2.24, 2.45) is 5.92 Å². The van der Waals surface area contributed by atoms with Gasteiger partial charge < -0.3 is 11.1 Å². The van der Waals surface area contributed by atoms with Crippen molar-refractivity contribution in [1.82, 2.24) is 10.2 Å². The molecule has 2 aromatic rings. The van der Waals surface area contributed by atoms with Gasteiger partial charge in [-0.2, -0.15) is 0 Å². The third-order valence-corrected chi connectivity index (χ3v) is 6.27. The zero-order valence-corrected chi connectivity index (χ0v) is 18.8. The quantitative estimate of drug-likeness (QED) is 0.609. The summed E-state index contributed by atoms with van der Waals surface area (Å²) in [5, 5.41) is 5.27. The van der Waals surface area contributed by atoms with Crippen LogP contribution < -0.4 is 11.1 Å². The van der Waals surface area contributed by atoms with E-state index < -0.39 is 0 Å². The van der Waals surface area contributed by atoms with Crippen LogP contribution in [0, 0.1) is 5.92 Å². The number of aryl methyl sites for hydroxylation is 1. The molecule has 0 aliphatic carbocycles. The van der Waals surface area contributed by atoms with Gasteiger partial charge in [-0.3, -0.25) is 9.69 Å². The average Bonchev–Trinajstić information content (AvgIpc) is 3.17. The standard InChI is InChI=1S/C21H29N3OS.2ClH/c1-16-10-12-24(13-11-16)19(20-7-4-14-26-20)15-23-21(25)9-8-17-5-2-3-6-18(17)22;;/h2-7,14,16,19H,8-13,15,22H2,1H3,(H,23,25);2*1H. The zero-order chi connectivity index (χ0) is 18.4. The van der Waals surface area contributed by atoms with E-state index in [0.29, 0.717) is 19.4 Å². The van der Waals surface area contributed by atoms with Crippen molar-refractivity contribution < 1.29 is 4.79 Å². The molecule has 3 N–H and O–H groups in total. The van der Waals surface area contributed by atoms with Gasteiger partial charge in [-0.15, -0.1) is 36.2 Å². The number of anilines is 1. The van der Waals surface area contributed by atoms with Crippen LogP contribution in [0.15, 0.2) is 41.8 Å². The summed E-state index contributed by atoms with van der Waals surface area (Å²) in [6.07, 6.45) is 3.64. The minimum atomic E-state index is 0. The molecule has 1 aromatic heterocycles. The van der Waals surface area contributed by atoms with Crippen LogP contribution in [-0.4, -0.2) is 30.4 Å². The van der Waals surface area contributed by atoms with Gasteiger partial charge in [-0.25, -0.2) is 0 Å². The maximum Gasteiger partial charge on any atom is 0.220 e. The largest absolute Gasteiger partial charge is 0.399 e. The molecule has 1 saturated heterocycles. The number of para-hydroxylation sites is 1. The summed E-state index contributed by atoms with van der Waals surface area (Å²) in [4.78, 5) is 16.2. The van der Waals surface area contributed by atoms with Crippen molar-refractivity contribution in [3.8, 4) is 0 Å². The van der Waals surface area contributed by atoms with Gasteiger partial charge >= 0.3 is 0 Å². The molecule has 0 bridgehead atoms. The molecule has 7 heteroatoms. The fourth-order valence-corrected chi connectivity index (χ4v) is 4.40. The van der Waals surface area contributed by atoms with Crippen molar-refractivity contribution in [2.45, 2.75) is 38.6 Å². The van der Waals surface area contributed by atoms with Gasteiger partial charge in [0.15, 0.2) is 0 Å². The van der Waals surface area contributed by atoms with Crippen molar-refractivity contribution in [1.29, 1.82) is 0 Å². The van der Waals surface area contributed by atoms with Crippen molar-refractivity contribution in [3.63, 3.8) is 0 Å². The van der Waals surface area contributed by atoms with E-state index in [1.54, 1.807) is 11.3 Å². The van der Waals surface area contributed by atoms with Crippen LogP contribution in [0.3, 0.4) is 0 Å². The molecule has 1 aromatic carbocycles. The summed E-state index contributed by atoms with van der Waals surface area (Å²) in [5.74, 6) is 0.904. The fraction of sp³-hybridized carbons (Fsp3) is 0.476. The molecule has 1 fully saturated rings. The molecule has 1 amide bonds. The normalized spacial score (nSPS) is 15.9. The van der Waals surface area contributed by atoms with E-state index in [4.69, 9.17) is 5.73 Å². The molecule has 28 heavy (non-hydrogen) atoms. The zero-order valence-electron chi connectivity index (χ0n) is 16.3. The van der Waals surface area contributed by atoms with Gasteiger partial charge in [0.2, 0.25) is 5.91 Å². The van der Waals surface area contributed by atoms with Crippen LogP contribution in [0.5, 0.6) is 0 Å². The second kappa shape index (κ2) is 12.3. The highest BCUT2D eigenvalue weighted by molar-refractivity contribution is 7.10. The third kappa shape index (κ3) is 6.96. The van der Waals surface area contributed by atoms with Crippen LogP contribution in [-0.2, 0) is 11.2 Å². The molecule has 1 aliphatic heterocycles. The predicted octanol–water partition coefficient (Wildman–Crippen LogP) is 4.70. The van der Waals surface area contributed by atoms with Gasteiger partial charge in [0.05, 0.1) is 6.04 Å². The Morgan fingerprint density at radius 2 is 1.93 bits per heavy atom. The van der Waals surface area contributed by atoms with E-state index in [0.717, 1.165) is 30.3 Å². The average molecular weight is 444 g/mol. The highest BCUT2D eigenvalue weighted by Crippen LogP contribution is 2.29. The number of nitrogens with one attached hydrogen (secondary N) is 1. The first kappa shape index (κ1) is 24.8. The number of amides is 1. The number of nitrogens with zero attached hydrogens (tertiary/aromatic N) is 1. The number of thiophene rings is 1. The molecule has 156 valence electrons. The highest BCUT2D eigenvalue weighted by atomic mass is 35.5. The number of likely N-dealkylation sites (tertiary alicyclic amines) is 1. The number of hydrogen-bond donors (Lipinski definition) is 2. The molecule has 1 unspecified atom stereocenters. The lowest BCUT2D eigenvalue weighted by Crippen LogP contribution is -2.41. The van der Waals surface area contributed by atoms with Gasteiger partial charge in [0, 0.05) is 23.5 Å². The Kier molecular flexibility index (Phi) is 10.9. The van der Waals surface area contributed by atoms with Gasteiger partial charge in [0.1, 0.15) is 0 Å². The molecule has 3 rings (SSSR count). The Morgan fingerprint density at radius 3 is 2.57 bits per heavy atom. The van der Waals surface area contributed by atoms with Crippen LogP contribution in [0.2, 0.25) is 0 Å². The SMILES string of the molecule is CC1CCN(C(CNC(=O)CCc2ccccc2N)c2cccs2)CC1.Cl.Cl. The van der Waals surface area contributed by atoms with E-state index in [-0.39, 0.29) is 36.8 Å². The van der Waals surface area contributed by atoms with Crippen LogP contribution in [0.25, 0.3) is 0 Å². The summed E-state index contributed by atoms with van der Waals surface area (Å²) in [7, 11) is 0. The number of nitrogen functional groups attached to an aromatic ring is 1. The molecule has 2 heterocycles.